The molecule has 0 aliphatic rings. The minimum Gasteiger partial charge on any atom is -0.165 e. The zero-order valence-electron chi connectivity index (χ0n) is 3.65. The van der Waals surface area contributed by atoms with Crippen molar-refractivity contribution in [1.82, 2.24) is 0 Å². The van der Waals surface area contributed by atoms with Crippen LogP contribution < -0.4 is 0 Å². The van der Waals surface area contributed by atoms with Gasteiger partial charge in [-0.15, -0.1) is 0 Å². The molecule has 0 radical (unpaired) electrons. The van der Waals surface area contributed by atoms with Crippen LogP contribution in [0.1, 0.15) is 6.42 Å². The highest BCUT2D eigenvalue weighted by Crippen LogP contribution is 2.14. The molecule has 0 aromatic rings. The lowest BCUT2D eigenvalue weighted by Gasteiger charge is -2.02. The van der Waals surface area contributed by atoms with Crippen molar-refractivity contribution in [2.75, 3.05) is 0 Å². The Morgan fingerprint density at radius 3 is 1.14 bits per heavy atom. The van der Waals surface area contributed by atoms with Crippen LogP contribution in [0.5, 0.6) is 0 Å². The van der Waals surface area contributed by atoms with E-state index < -0.39 is 0 Å². The maximum Gasteiger partial charge on any atom is 0.0460 e. The number of rotatable bonds is 2. The summed E-state index contributed by atoms with van der Waals surface area (Å²) in [4.78, 5) is 0. The first-order valence-electron chi connectivity index (χ1n) is 1.85. The molecule has 4 heteroatoms. The van der Waals surface area contributed by atoms with Gasteiger partial charge in [0.1, 0.15) is 0 Å². The highest BCUT2D eigenvalue weighted by Gasteiger charge is 1.98. The SMILES string of the molecule is SC(S)CC(S)S. The summed E-state index contributed by atoms with van der Waals surface area (Å²) in [5, 5.41) is 0. The van der Waals surface area contributed by atoms with Crippen LogP contribution in [0.2, 0.25) is 0 Å². The van der Waals surface area contributed by atoms with Crippen molar-refractivity contribution in [2.24, 2.45) is 0 Å². The second-order valence-electron chi connectivity index (χ2n) is 1.20. The van der Waals surface area contributed by atoms with Crippen LogP contribution in [0.15, 0.2) is 0 Å². The summed E-state index contributed by atoms with van der Waals surface area (Å²) in [6, 6.07) is 0. The summed E-state index contributed by atoms with van der Waals surface area (Å²) in [7, 11) is 0. The zero-order chi connectivity index (χ0) is 5.86. The Kier molecular flexibility index (Phi) is 5.15. The Balaban J connectivity index is 2.95. The molecule has 0 rings (SSSR count). The van der Waals surface area contributed by atoms with E-state index >= 15 is 0 Å². The van der Waals surface area contributed by atoms with E-state index in [9.17, 15) is 0 Å². The molecule has 0 atom stereocenters. The molecule has 0 fully saturated rings. The quantitative estimate of drug-likeness (QED) is 0.354. The molecule has 0 saturated heterocycles. The fourth-order valence-electron chi connectivity index (χ4n) is 0.189. The predicted molar refractivity (Wildman–Crippen MR) is 48.1 cm³/mol. The first-order chi connectivity index (χ1) is 3.13. The van der Waals surface area contributed by atoms with Crippen LogP contribution in [-0.4, -0.2) is 9.16 Å². The lowest BCUT2D eigenvalue weighted by atomic mass is 10.6. The zero-order valence-corrected chi connectivity index (χ0v) is 7.23. The summed E-state index contributed by atoms with van der Waals surface area (Å²) < 4.78 is 0.222. The number of hydrogen-bond donors (Lipinski definition) is 4. The monoisotopic (exact) mass is 172 g/mol. The Labute approximate surface area is 66.1 Å². The van der Waals surface area contributed by atoms with Crippen LogP contribution in [0, 0.1) is 0 Å². The van der Waals surface area contributed by atoms with Gasteiger partial charge in [0.2, 0.25) is 0 Å². The third-order valence-electron chi connectivity index (χ3n) is 0.422. The minimum absolute atomic E-state index is 0.111. The van der Waals surface area contributed by atoms with Crippen LogP contribution in [0.4, 0.5) is 0 Å². The van der Waals surface area contributed by atoms with E-state index in [1.165, 1.54) is 0 Å². The molecule has 0 saturated carbocycles. The molecule has 0 unspecified atom stereocenters. The molecule has 7 heavy (non-hydrogen) atoms. The van der Waals surface area contributed by atoms with E-state index in [0.29, 0.717) is 0 Å². The Morgan fingerprint density at radius 2 is 1.14 bits per heavy atom. The lowest BCUT2D eigenvalue weighted by Crippen LogP contribution is -1.94. The second-order valence-corrected chi connectivity index (χ2v) is 4.51. The predicted octanol–water partition coefficient (Wildman–Crippen LogP) is 1.75. The van der Waals surface area contributed by atoms with Crippen LogP contribution in [0.25, 0.3) is 0 Å². The van der Waals surface area contributed by atoms with E-state index in [1.807, 2.05) is 0 Å². The minimum atomic E-state index is 0.111. The van der Waals surface area contributed by atoms with Gasteiger partial charge >= 0.3 is 0 Å². The van der Waals surface area contributed by atoms with Crippen molar-refractivity contribution in [3.8, 4) is 0 Å². The second kappa shape index (κ2) is 4.30. The third kappa shape index (κ3) is 7.40. The number of thiol groups is 4. The molecule has 0 heterocycles. The van der Waals surface area contributed by atoms with Gasteiger partial charge < -0.3 is 0 Å². The van der Waals surface area contributed by atoms with Gasteiger partial charge in [-0.2, -0.15) is 50.5 Å². The Morgan fingerprint density at radius 1 is 0.857 bits per heavy atom. The van der Waals surface area contributed by atoms with Gasteiger partial charge in [-0.05, 0) is 6.42 Å². The summed E-state index contributed by atoms with van der Waals surface area (Å²) in [5.41, 5.74) is 0. The fraction of sp³-hybridized carbons (Fsp3) is 1.00. The molecule has 44 valence electrons. The van der Waals surface area contributed by atoms with Crippen molar-refractivity contribution in [2.45, 2.75) is 15.6 Å². The van der Waals surface area contributed by atoms with Gasteiger partial charge in [-0.25, -0.2) is 0 Å². The third-order valence-corrected chi connectivity index (χ3v) is 1.26. The average molecular weight is 172 g/mol. The van der Waals surface area contributed by atoms with Crippen LogP contribution in [-0.2, 0) is 0 Å². The summed E-state index contributed by atoms with van der Waals surface area (Å²) in [5.74, 6) is 0. The van der Waals surface area contributed by atoms with Gasteiger partial charge in [0.05, 0.1) is 0 Å². The van der Waals surface area contributed by atoms with Gasteiger partial charge in [-0.3, -0.25) is 0 Å². The molecule has 0 N–H and O–H groups in total. The molecule has 0 aromatic heterocycles. The van der Waals surface area contributed by atoms with Crippen molar-refractivity contribution in [1.29, 1.82) is 0 Å². The van der Waals surface area contributed by atoms with E-state index in [1.54, 1.807) is 0 Å². The smallest absolute Gasteiger partial charge is 0.0460 e. The van der Waals surface area contributed by atoms with Crippen molar-refractivity contribution < 1.29 is 0 Å². The van der Waals surface area contributed by atoms with E-state index in [0.717, 1.165) is 6.42 Å². The highest BCUT2D eigenvalue weighted by molar-refractivity contribution is 8.00. The Hall–Kier alpha value is 1.40. The highest BCUT2D eigenvalue weighted by atomic mass is 32.2. The van der Waals surface area contributed by atoms with E-state index in [2.05, 4.69) is 50.5 Å². The molecule has 0 amide bonds. The van der Waals surface area contributed by atoms with Gasteiger partial charge in [-0.1, -0.05) is 0 Å². The van der Waals surface area contributed by atoms with Gasteiger partial charge in [0, 0.05) is 9.16 Å². The van der Waals surface area contributed by atoms with Crippen molar-refractivity contribution >= 4 is 50.5 Å². The first-order valence-corrected chi connectivity index (χ1v) is 3.91. The molecular weight excluding hydrogens is 164 g/mol. The molecule has 0 aromatic carbocycles. The van der Waals surface area contributed by atoms with Gasteiger partial charge in [0.25, 0.3) is 0 Å². The maximum absolute atomic E-state index is 4.00. The van der Waals surface area contributed by atoms with E-state index in [4.69, 9.17) is 0 Å². The van der Waals surface area contributed by atoms with Crippen LogP contribution >= 0.6 is 50.5 Å². The largest absolute Gasteiger partial charge is 0.165 e. The summed E-state index contributed by atoms with van der Waals surface area (Å²) in [6.07, 6.45) is 0.818. The standard InChI is InChI=1S/C3H8S4/c4-2(5)1-3(6)7/h2-7H,1H2. The topological polar surface area (TPSA) is 0 Å². The maximum atomic E-state index is 4.00. The summed E-state index contributed by atoms with van der Waals surface area (Å²) >= 11 is 16.0. The molecule has 0 aliphatic heterocycles. The molecule has 0 nitrogen and oxygen atoms in total. The van der Waals surface area contributed by atoms with Crippen molar-refractivity contribution in [3.63, 3.8) is 0 Å². The molecule has 0 bridgehead atoms. The number of hydrogen-bond acceptors (Lipinski definition) is 4. The van der Waals surface area contributed by atoms with Crippen molar-refractivity contribution in [3.05, 3.63) is 0 Å². The lowest BCUT2D eigenvalue weighted by molar-refractivity contribution is 1.05. The molecular formula is C3H8S4. The average Bonchev–Trinajstić information content (AvgIpc) is 1.27. The first kappa shape index (κ1) is 8.40. The Bertz CT molecular complexity index is 36.2. The molecule has 0 spiro atoms. The molecule has 0 aliphatic carbocycles. The van der Waals surface area contributed by atoms with Crippen LogP contribution in [0.3, 0.4) is 0 Å². The van der Waals surface area contributed by atoms with E-state index in [-0.39, 0.29) is 9.16 Å². The normalized spacial score (nSPS) is 11.1. The van der Waals surface area contributed by atoms with Gasteiger partial charge in [0.15, 0.2) is 0 Å². The summed E-state index contributed by atoms with van der Waals surface area (Å²) in [6.45, 7) is 0. The fourth-order valence-corrected chi connectivity index (χ4v) is 1.70.